The van der Waals surface area contributed by atoms with Crippen LogP contribution in [0.1, 0.15) is 25.7 Å². The molecular formula is C14H25N3O3. The molecule has 1 atom stereocenters. The van der Waals surface area contributed by atoms with Gasteiger partial charge in [0.2, 0.25) is 11.8 Å². The quantitative estimate of drug-likeness (QED) is 0.705. The van der Waals surface area contributed by atoms with Crippen molar-refractivity contribution in [3.63, 3.8) is 0 Å². The molecule has 0 bridgehead atoms. The minimum absolute atomic E-state index is 0.0617. The number of nitrogens with one attached hydrogen (secondary N) is 2. The largest absolute Gasteiger partial charge is 0.378 e. The van der Waals surface area contributed by atoms with Gasteiger partial charge < -0.3 is 20.3 Å². The van der Waals surface area contributed by atoms with Gasteiger partial charge in [-0.3, -0.25) is 9.59 Å². The van der Waals surface area contributed by atoms with E-state index in [0.29, 0.717) is 51.6 Å². The van der Waals surface area contributed by atoms with Crippen molar-refractivity contribution in [3.05, 3.63) is 0 Å². The van der Waals surface area contributed by atoms with E-state index in [2.05, 4.69) is 10.6 Å². The maximum atomic E-state index is 11.9. The minimum Gasteiger partial charge on any atom is -0.378 e. The van der Waals surface area contributed by atoms with Crippen molar-refractivity contribution in [2.75, 3.05) is 45.9 Å². The molecule has 0 aromatic rings. The average Bonchev–Trinajstić information content (AvgIpc) is 2.99. The summed E-state index contributed by atoms with van der Waals surface area (Å²) in [4.78, 5) is 25.3. The number of morpholine rings is 1. The molecule has 2 aliphatic rings. The third-order valence-corrected chi connectivity index (χ3v) is 3.97. The molecule has 0 aromatic carbocycles. The van der Waals surface area contributed by atoms with E-state index in [1.54, 1.807) is 4.90 Å². The number of amides is 2. The van der Waals surface area contributed by atoms with Crippen molar-refractivity contribution in [1.82, 2.24) is 15.5 Å². The highest BCUT2D eigenvalue weighted by molar-refractivity contribution is 5.79. The van der Waals surface area contributed by atoms with Crippen molar-refractivity contribution >= 4 is 11.8 Å². The first-order valence-corrected chi connectivity index (χ1v) is 7.58. The van der Waals surface area contributed by atoms with Crippen LogP contribution >= 0.6 is 0 Å². The lowest BCUT2D eigenvalue weighted by Gasteiger charge is -2.26. The third kappa shape index (κ3) is 5.09. The lowest BCUT2D eigenvalue weighted by atomic mass is 10.0. The van der Waals surface area contributed by atoms with E-state index >= 15 is 0 Å². The summed E-state index contributed by atoms with van der Waals surface area (Å²) in [6, 6.07) is 0. The molecule has 20 heavy (non-hydrogen) atoms. The van der Waals surface area contributed by atoms with Gasteiger partial charge in [-0.25, -0.2) is 0 Å². The highest BCUT2D eigenvalue weighted by Gasteiger charge is 2.17. The summed E-state index contributed by atoms with van der Waals surface area (Å²) >= 11 is 0. The van der Waals surface area contributed by atoms with Gasteiger partial charge in [0.1, 0.15) is 0 Å². The molecule has 0 aromatic heterocycles. The molecule has 0 radical (unpaired) electrons. The summed E-state index contributed by atoms with van der Waals surface area (Å²) in [6.07, 6.45) is 3.06. The monoisotopic (exact) mass is 283 g/mol. The van der Waals surface area contributed by atoms with Gasteiger partial charge in [-0.2, -0.15) is 0 Å². The Morgan fingerprint density at radius 2 is 2.05 bits per heavy atom. The molecule has 2 heterocycles. The first-order valence-electron chi connectivity index (χ1n) is 7.58. The molecule has 2 fully saturated rings. The van der Waals surface area contributed by atoms with Crippen molar-refractivity contribution in [2.24, 2.45) is 5.92 Å². The molecule has 0 saturated carbocycles. The molecule has 2 N–H and O–H groups in total. The first kappa shape index (κ1) is 15.3. The second-order valence-corrected chi connectivity index (χ2v) is 5.49. The van der Waals surface area contributed by atoms with Crippen molar-refractivity contribution in [2.45, 2.75) is 25.7 Å². The third-order valence-electron chi connectivity index (χ3n) is 3.97. The Hall–Kier alpha value is -1.14. The van der Waals surface area contributed by atoms with Crippen LogP contribution in [0, 0.1) is 5.92 Å². The van der Waals surface area contributed by atoms with Crippen LogP contribution in [0.2, 0.25) is 0 Å². The van der Waals surface area contributed by atoms with E-state index in [4.69, 9.17) is 4.74 Å². The molecule has 1 unspecified atom stereocenters. The predicted octanol–water partition coefficient (Wildman–Crippen LogP) is -0.259. The smallest absolute Gasteiger partial charge is 0.224 e. The summed E-state index contributed by atoms with van der Waals surface area (Å²) in [5, 5.41) is 6.14. The van der Waals surface area contributed by atoms with Gasteiger partial charge in [0.25, 0.3) is 0 Å². The normalized spacial score (nSPS) is 22.8. The Kier molecular flexibility index (Phi) is 6.26. The van der Waals surface area contributed by atoms with Crippen LogP contribution in [0.4, 0.5) is 0 Å². The molecule has 0 aliphatic carbocycles. The van der Waals surface area contributed by atoms with E-state index in [0.717, 1.165) is 19.5 Å². The van der Waals surface area contributed by atoms with E-state index < -0.39 is 0 Å². The lowest BCUT2D eigenvalue weighted by molar-refractivity contribution is -0.135. The fourth-order valence-corrected chi connectivity index (χ4v) is 2.66. The van der Waals surface area contributed by atoms with Gasteiger partial charge in [-0.05, 0) is 31.8 Å². The molecular weight excluding hydrogens is 258 g/mol. The summed E-state index contributed by atoms with van der Waals surface area (Å²) < 4.78 is 5.20. The summed E-state index contributed by atoms with van der Waals surface area (Å²) in [7, 11) is 0. The van der Waals surface area contributed by atoms with Gasteiger partial charge in [-0.1, -0.05) is 0 Å². The van der Waals surface area contributed by atoms with Crippen molar-refractivity contribution < 1.29 is 14.3 Å². The van der Waals surface area contributed by atoms with Crippen LogP contribution in [-0.2, 0) is 14.3 Å². The molecule has 2 rings (SSSR count). The second-order valence-electron chi connectivity index (χ2n) is 5.49. The summed E-state index contributed by atoms with van der Waals surface area (Å²) in [5.41, 5.74) is 0. The number of carbonyl (C=O) groups is 2. The van der Waals surface area contributed by atoms with E-state index in [-0.39, 0.29) is 11.8 Å². The molecule has 0 spiro atoms. The number of hydrogen-bond donors (Lipinski definition) is 2. The highest BCUT2D eigenvalue weighted by atomic mass is 16.5. The zero-order valence-electron chi connectivity index (χ0n) is 12.0. The fourth-order valence-electron chi connectivity index (χ4n) is 2.66. The van der Waals surface area contributed by atoms with Gasteiger partial charge in [0, 0.05) is 32.5 Å². The minimum atomic E-state index is 0.0617. The van der Waals surface area contributed by atoms with Crippen LogP contribution in [0.5, 0.6) is 0 Å². The number of ether oxygens (including phenoxy) is 1. The maximum Gasteiger partial charge on any atom is 0.224 e. The lowest BCUT2D eigenvalue weighted by Crippen LogP contribution is -2.42. The van der Waals surface area contributed by atoms with Gasteiger partial charge >= 0.3 is 0 Å². The topological polar surface area (TPSA) is 70.7 Å². The predicted molar refractivity (Wildman–Crippen MR) is 75.2 cm³/mol. The zero-order chi connectivity index (χ0) is 14.2. The van der Waals surface area contributed by atoms with Gasteiger partial charge in [0.05, 0.1) is 13.2 Å². The SMILES string of the molecule is O=C(CCC1CCNC1)NCCC(=O)N1CCOCC1. The van der Waals surface area contributed by atoms with Crippen molar-refractivity contribution in [3.8, 4) is 0 Å². The molecule has 2 aliphatic heterocycles. The summed E-state index contributed by atoms with van der Waals surface area (Å²) in [6.45, 7) is 5.12. The van der Waals surface area contributed by atoms with Crippen LogP contribution in [0.15, 0.2) is 0 Å². The Morgan fingerprint density at radius 1 is 1.25 bits per heavy atom. The Labute approximate surface area is 120 Å². The average molecular weight is 283 g/mol. The number of carbonyl (C=O) groups excluding carboxylic acids is 2. The Morgan fingerprint density at radius 3 is 2.75 bits per heavy atom. The summed E-state index contributed by atoms with van der Waals surface area (Å²) in [5.74, 6) is 0.802. The molecule has 2 amide bonds. The Balaban J connectivity index is 1.52. The molecule has 2 saturated heterocycles. The molecule has 6 nitrogen and oxygen atoms in total. The molecule has 6 heteroatoms. The van der Waals surface area contributed by atoms with Crippen LogP contribution in [-0.4, -0.2) is 62.7 Å². The first-order chi connectivity index (χ1) is 9.75. The second kappa shape index (κ2) is 8.21. The van der Waals surface area contributed by atoms with Gasteiger partial charge in [0.15, 0.2) is 0 Å². The van der Waals surface area contributed by atoms with E-state index in [9.17, 15) is 9.59 Å². The van der Waals surface area contributed by atoms with E-state index in [1.807, 2.05) is 0 Å². The van der Waals surface area contributed by atoms with Crippen LogP contribution < -0.4 is 10.6 Å². The Bertz CT molecular complexity index is 324. The standard InChI is InChI=1S/C14H25N3O3/c18-13(2-1-12-3-5-15-11-12)16-6-4-14(19)17-7-9-20-10-8-17/h12,15H,1-11H2,(H,16,18). The number of rotatable bonds is 6. The maximum absolute atomic E-state index is 11.9. The van der Waals surface area contributed by atoms with Crippen LogP contribution in [0.3, 0.4) is 0 Å². The zero-order valence-corrected chi connectivity index (χ0v) is 12.0. The van der Waals surface area contributed by atoms with Crippen molar-refractivity contribution in [1.29, 1.82) is 0 Å². The van der Waals surface area contributed by atoms with Gasteiger partial charge in [-0.15, -0.1) is 0 Å². The fraction of sp³-hybridized carbons (Fsp3) is 0.857. The number of hydrogen-bond acceptors (Lipinski definition) is 4. The molecule has 114 valence electrons. The number of nitrogens with zero attached hydrogens (tertiary/aromatic N) is 1. The highest BCUT2D eigenvalue weighted by Crippen LogP contribution is 2.13. The van der Waals surface area contributed by atoms with E-state index in [1.165, 1.54) is 6.42 Å². The van der Waals surface area contributed by atoms with Crippen LogP contribution in [0.25, 0.3) is 0 Å².